The molecule has 4 heteroatoms. The van der Waals surface area contributed by atoms with Gasteiger partial charge in [-0.3, -0.25) is 0 Å². The molecule has 0 bridgehead atoms. The standard InChI is InChI=1S/C28H56O2P.ClH/c1-5-9-12-15-18-21-24-31(27-28(29)30-8-4,25-22-19-16-13-10-6-2)26-23-20-17-14-11-7-3;/h8H,4-7,9-27H2,1-3H3;1H/q+1;/p-1. The fourth-order valence-electron chi connectivity index (χ4n) is 4.66. The zero-order valence-electron chi connectivity index (χ0n) is 22.0. The van der Waals surface area contributed by atoms with Crippen molar-refractivity contribution in [1.29, 1.82) is 0 Å². The van der Waals surface area contributed by atoms with Gasteiger partial charge in [-0.1, -0.05) is 104 Å². The van der Waals surface area contributed by atoms with Gasteiger partial charge in [0.1, 0.15) is 0 Å². The largest absolute Gasteiger partial charge is 1.00 e. The third kappa shape index (κ3) is 20.5. The number of carbonyl (C=O) groups is 1. The smallest absolute Gasteiger partial charge is 0.348 e. The van der Waals surface area contributed by atoms with Crippen LogP contribution in [0.1, 0.15) is 136 Å². The second-order valence-electron chi connectivity index (χ2n) is 9.63. The average molecular weight is 491 g/mol. The van der Waals surface area contributed by atoms with Gasteiger partial charge in [-0.15, -0.1) is 0 Å². The summed E-state index contributed by atoms with van der Waals surface area (Å²) in [4.78, 5) is 12.5. The Labute approximate surface area is 208 Å². The molecule has 0 N–H and O–H groups in total. The van der Waals surface area contributed by atoms with Crippen LogP contribution in [-0.4, -0.2) is 30.6 Å². The molecule has 0 fully saturated rings. The molecule has 32 heavy (non-hydrogen) atoms. The number of halogens is 1. The third-order valence-electron chi connectivity index (χ3n) is 6.64. The van der Waals surface area contributed by atoms with Crippen molar-refractivity contribution in [3.05, 3.63) is 12.8 Å². The highest BCUT2D eigenvalue weighted by Crippen LogP contribution is 2.61. The van der Waals surface area contributed by atoms with Gasteiger partial charge >= 0.3 is 5.97 Å². The molecular formula is C28H56ClO2P. The molecule has 0 amide bonds. The van der Waals surface area contributed by atoms with Crippen LogP contribution in [0.4, 0.5) is 0 Å². The highest BCUT2D eigenvalue weighted by Gasteiger charge is 2.38. The number of carbonyl (C=O) groups excluding carboxylic acids is 1. The molecule has 2 nitrogen and oxygen atoms in total. The summed E-state index contributed by atoms with van der Waals surface area (Å²) in [6.07, 6.45) is 30.1. The van der Waals surface area contributed by atoms with Gasteiger partial charge < -0.3 is 17.1 Å². The van der Waals surface area contributed by atoms with Gasteiger partial charge in [0.25, 0.3) is 0 Å². The zero-order valence-corrected chi connectivity index (χ0v) is 23.6. The van der Waals surface area contributed by atoms with Crippen LogP contribution in [0.25, 0.3) is 0 Å². The summed E-state index contributed by atoms with van der Waals surface area (Å²) < 4.78 is 5.23. The number of hydrogen-bond donors (Lipinski definition) is 0. The van der Waals surface area contributed by atoms with Crippen LogP contribution in [-0.2, 0) is 9.53 Å². The molecule has 0 aromatic heterocycles. The van der Waals surface area contributed by atoms with E-state index in [2.05, 4.69) is 27.4 Å². The van der Waals surface area contributed by atoms with E-state index < -0.39 is 7.26 Å². The Morgan fingerprint density at radius 2 is 0.938 bits per heavy atom. The van der Waals surface area contributed by atoms with E-state index in [1.54, 1.807) is 0 Å². The van der Waals surface area contributed by atoms with Crippen LogP contribution in [0.5, 0.6) is 0 Å². The Kier molecular flexibility index (Phi) is 27.2. The Balaban J connectivity index is 0. The van der Waals surface area contributed by atoms with E-state index in [0.29, 0.717) is 6.16 Å². The van der Waals surface area contributed by atoms with Crippen molar-refractivity contribution in [1.82, 2.24) is 0 Å². The van der Waals surface area contributed by atoms with Gasteiger partial charge in [0, 0.05) is 7.26 Å². The molecule has 0 aliphatic heterocycles. The minimum absolute atomic E-state index is 0. The lowest BCUT2D eigenvalue weighted by atomic mass is 10.1. The highest BCUT2D eigenvalue weighted by molar-refractivity contribution is 7.76. The number of hydrogen-bond acceptors (Lipinski definition) is 2. The van der Waals surface area contributed by atoms with Crippen LogP contribution in [0.15, 0.2) is 12.8 Å². The van der Waals surface area contributed by atoms with Crippen LogP contribution in [0, 0.1) is 0 Å². The molecule has 192 valence electrons. The quantitative estimate of drug-likeness (QED) is 0.0645. The molecule has 0 aliphatic rings. The summed E-state index contributed by atoms with van der Waals surface area (Å²) >= 11 is 0. The molecule has 0 aromatic rings. The molecule has 0 unspecified atom stereocenters. The zero-order chi connectivity index (χ0) is 23.0. The predicted molar refractivity (Wildman–Crippen MR) is 143 cm³/mol. The molecule has 0 saturated carbocycles. The highest BCUT2D eigenvalue weighted by atomic mass is 35.5. The summed E-state index contributed by atoms with van der Waals surface area (Å²) in [6, 6.07) is 0. The number of ether oxygens (including phenoxy) is 1. The van der Waals surface area contributed by atoms with Crippen molar-refractivity contribution in [2.75, 3.05) is 24.6 Å². The Morgan fingerprint density at radius 3 is 1.25 bits per heavy atom. The van der Waals surface area contributed by atoms with E-state index >= 15 is 0 Å². The fourth-order valence-corrected chi connectivity index (χ4v) is 9.11. The molecule has 0 radical (unpaired) electrons. The molecule has 0 rings (SSSR count). The van der Waals surface area contributed by atoms with Crippen molar-refractivity contribution in [3.8, 4) is 0 Å². The maximum Gasteiger partial charge on any atom is 0.348 e. The first-order chi connectivity index (χ1) is 15.1. The first kappa shape index (κ1) is 34.1. The van der Waals surface area contributed by atoms with Crippen LogP contribution in [0.3, 0.4) is 0 Å². The number of unbranched alkanes of at least 4 members (excludes halogenated alkanes) is 15. The Hall–Kier alpha value is -0.0700. The lowest BCUT2D eigenvalue weighted by Crippen LogP contribution is -3.00. The van der Waals surface area contributed by atoms with E-state index in [9.17, 15) is 4.79 Å². The molecule has 0 heterocycles. The minimum Gasteiger partial charge on any atom is -1.00 e. The van der Waals surface area contributed by atoms with Gasteiger partial charge in [0.2, 0.25) is 0 Å². The van der Waals surface area contributed by atoms with Crippen molar-refractivity contribution >= 4 is 13.2 Å². The second-order valence-corrected chi connectivity index (χ2v) is 14.0. The van der Waals surface area contributed by atoms with Gasteiger partial charge in [-0.25, -0.2) is 4.79 Å². The van der Waals surface area contributed by atoms with E-state index in [1.165, 1.54) is 140 Å². The topological polar surface area (TPSA) is 26.3 Å². The maximum atomic E-state index is 12.5. The van der Waals surface area contributed by atoms with Gasteiger partial charge in [0.05, 0.1) is 24.7 Å². The maximum absolute atomic E-state index is 12.5. The van der Waals surface area contributed by atoms with Crippen molar-refractivity contribution < 1.29 is 21.9 Å². The minimum atomic E-state index is -1.27. The van der Waals surface area contributed by atoms with E-state index in [4.69, 9.17) is 4.74 Å². The van der Waals surface area contributed by atoms with Gasteiger partial charge in [-0.05, 0) is 38.5 Å². The predicted octanol–water partition coefficient (Wildman–Crippen LogP) is 6.78. The lowest BCUT2D eigenvalue weighted by Gasteiger charge is -2.27. The molecule has 0 spiro atoms. The second kappa shape index (κ2) is 25.6. The first-order valence-electron chi connectivity index (χ1n) is 13.8. The van der Waals surface area contributed by atoms with Gasteiger partial charge in [0.15, 0.2) is 6.16 Å². The normalized spacial score (nSPS) is 11.2. The Bertz CT molecular complexity index is 373. The summed E-state index contributed by atoms with van der Waals surface area (Å²) in [7, 11) is -1.27. The summed E-state index contributed by atoms with van der Waals surface area (Å²) in [5.74, 6) is -0.0220. The monoisotopic (exact) mass is 490 g/mol. The number of esters is 1. The van der Waals surface area contributed by atoms with Crippen LogP contribution < -0.4 is 12.4 Å². The fraction of sp³-hybridized carbons (Fsp3) is 0.893. The lowest BCUT2D eigenvalue weighted by molar-refractivity contribution is -0.135. The van der Waals surface area contributed by atoms with E-state index in [-0.39, 0.29) is 18.4 Å². The number of rotatable bonds is 24. The van der Waals surface area contributed by atoms with E-state index in [0.717, 1.165) is 0 Å². The Morgan fingerprint density at radius 1 is 0.625 bits per heavy atom. The SMILES string of the molecule is C=COC(=O)C[P+](CCCCCCCC)(CCCCCCCC)CCCCCCCC.[Cl-]. The van der Waals surface area contributed by atoms with Crippen molar-refractivity contribution in [3.63, 3.8) is 0 Å². The van der Waals surface area contributed by atoms with Gasteiger partial charge in [-0.2, -0.15) is 0 Å². The molecule has 0 aromatic carbocycles. The molecule has 0 aliphatic carbocycles. The third-order valence-corrected chi connectivity index (χ3v) is 11.4. The van der Waals surface area contributed by atoms with Crippen molar-refractivity contribution in [2.24, 2.45) is 0 Å². The first-order valence-corrected chi connectivity index (χ1v) is 16.3. The van der Waals surface area contributed by atoms with E-state index in [1.807, 2.05) is 0 Å². The molecular weight excluding hydrogens is 435 g/mol. The average Bonchev–Trinajstić information content (AvgIpc) is 2.75. The summed E-state index contributed by atoms with van der Waals surface area (Å²) in [5.41, 5.74) is 0. The summed E-state index contributed by atoms with van der Waals surface area (Å²) in [6.45, 7) is 10.5. The van der Waals surface area contributed by atoms with Crippen molar-refractivity contribution in [2.45, 2.75) is 136 Å². The molecule has 0 atom stereocenters. The molecule has 0 saturated heterocycles. The van der Waals surface area contributed by atoms with Crippen LogP contribution in [0.2, 0.25) is 0 Å². The summed E-state index contributed by atoms with van der Waals surface area (Å²) in [5, 5.41) is 0. The van der Waals surface area contributed by atoms with Crippen LogP contribution >= 0.6 is 7.26 Å².